The molecule has 1 aliphatic rings. The standard InChI is InChI=1S/C9H18N2O2/c1-2-10-6-9(13)11-5-8(12)7-3-4-7/h7-8,10,12H,2-6H2,1H3,(H,11,13). The minimum absolute atomic E-state index is 0.0402. The average Bonchev–Trinajstić information content (AvgIpc) is 2.93. The van der Waals surface area contributed by atoms with E-state index in [1.807, 2.05) is 6.92 Å². The maximum Gasteiger partial charge on any atom is 0.234 e. The molecule has 0 spiro atoms. The van der Waals surface area contributed by atoms with E-state index in [9.17, 15) is 9.90 Å². The van der Waals surface area contributed by atoms with Gasteiger partial charge in [-0.3, -0.25) is 4.79 Å². The van der Waals surface area contributed by atoms with Gasteiger partial charge in [0.15, 0.2) is 0 Å². The van der Waals surface area contributed by atoms with Crippen LogP contribution in [0.15, 0.2) is 0 Å². The van der Waals surface area contributed by atoms with Crippen molar-refractivity contribution in [2.75, 3.05) is 19.6 Å². The highest BCUT2D eigenvalue weighted by atomic mass is 16.3. The Hall–Kier alpha value is -0.610. The summed E-state index contributed by atoms with van der Waals surface area (Å²) < 4.78 is 0. The van der Waals surface area contributed by atoms with Crippen LogP contribution >= 0.6 is 0 Å². The van der Waals surface area contributed by atoms with Crippen LogP contribution in [0.1, 0.15) is 19.8 Å². The minimum atomic E-state index is -0.342. The van der Waals surface area contributed by atoms with Crippen LogP contribution in [0, 0.1) is 5.92 Å². The molecule has 4 nitrogen and oxygen atoms in total. The number of hydrogen-bond acceptors (Lipinski definition) is 3. The molecule has 1 atom stereocenters. The average molecular weight is 186 g/mol. The highest BCUT2D eigenvalue weighted by Gasteiger charge is 2.29. The first kappa shape index (κ1) is 10.5. The zero-order valence-electron chi connectivity index (χ0n) is 8.05. The van der Waals surface area contributed by atoms with Gasteiger partial charge in [-0.05, 0) is 25.3 Å². The quantitative estimate of drug-likeness (QED) is 0.523. The molecule has 0 bridgehead atoms. The fraction of sp³-hybridized carbons (Fsp3) is 0.889. The van der Waals surface area contributed by atoms with Crippen molar-refractivity contribution in [2.45, 2.75) is 25.9 Å². The van der Waals surface area contributed by atoms with Gasteiger partial charge in [0.1, 0.15) is 0 Å². The molecule has 0 aromatic heterocycles. The van der Waals surface area contributed by atoms with Crippen molar-refractivity contribution in [3.63, 3.8) is 0 Å². The van der Waals surface area contributed by atoms with Gasteiger partial charge in [-0.25, -0.2) is 0 Å². The molecule has 1 amide bonds. The summed E-state index contributed by atoms with van der Waals surface area (Å²) in [6.45, 7) is 3.48. The van der Waals surface area contributed by atoms with Gasteiger partial charge < -0.3 is 15.7 Å². The van der Waals surface area contributed by atoms with E-state index in [1.54, 1.807) is 0 Å². The lowest BCUT2D eigenvalue weighted by atomic mass is 10.2. The number of rotatable bonds is 6. The van der Waals surface area contributed by atoms with E-state index in [0.29, 0.717) is 19.0 Å². The fourth-order valence-corrected chi connectivity index (χ4v) is 1.17. The predicted octanol–water partition coefficient (Wildman–Crippen LogP) is -0.517. The third kappa shape index (κ3) is 4.24. The number of aliphatic hydroxyl groups is 1. The molecule has 0 aliphatic heterocycles. The Morgan fingerprint density at radius 2 is 2.31 bits per heavy atom. The van der Waals surface area contributed by atoms with Gasteiger partial charge in [0.05, 0.1) is 12.6 Å². The monoisotopic (exact) mass is 186 g/mol. The van der Waals surface area contributed by atoms with E-state index in [-0.39, 0.29) is 12.0 Å². The molecule has 0 aromatic carbocycles. The molecule has 0 heterocycles. The summed E-state index contributed by atoms with van der Waals surface area (Å²) in [5.74, 6) is 0.390. The second-order valence-electron chi connectivity index (χ2n) is 3.49. The smallest absolute Gasteiger partial charge is 0.234 e. The Labute approximate surface area is 78.7 Å². The molecule has 1 unspecified atom stereocenters. The van der Waals surface area contributed by atoms with Gasteiger partial charge >= 0.3 is 0 Å². The Bertz CT molecular complexity index is 169. The molecule has 3 N–H and O–H groups in total. The Kier molecular flexibility index (Phi) is 4.18. The van der Waals surface area contributed by atoms with Crippen LogP contribution < -0.4 is 10.6 Å². The van der Waals surface area contributed by atoms with Gasteiger partial charge in [-0.15, -0.1) is 0 Å². The SMILES string of the molecule is CCNCC(=O)NCC(O)C1CC1. The first-order valence-electron chi connectivity index (χ1n) is 4.89. The van der Waals surface area contributed by atoms with Gasteiger partial charge in [-0.1, -0.05) is 6.92 Å². The molecule has 0 radical (unpaired) electrons. The minimum Gasteiger partial charge on any atom is -0.391 e. The molecule has 13 heavy (non-hydrogen) atoms. The molecule has 0 saturated heterocycles. The Balaban J connectivity index is 2.00. The zero-order chi connectivity index (χ0) is 9.68. The van der Waals surface area contributed by atoms with Crippen LogP contribution in [0.4, 0.5) is 0 Å². The predicted molar refractivity (Wildman–Crippen MR) is 50.3 cm³/mol. The summed E-state index contributed by atoms with van der Waals surface area (Å²) in [6.07, 6.45) is 1.86. The van der Waals surface area contributed by atoms with Crippen molar-refractivity contribution in [3.8, 4) is 0 Å². The summed E-state index contributed by atoms with van der Waals surface area (Å²) in [6, 6.07) is 0. The van der Waals surface area contributed by atoms with E-state index in [0.717, 1.165) is 19.4 Å². The van der Waals surface area contributed by atoms with Crippen LogP contribution in [0.25, 0.3) is 0 Å². The molecule has 1 saturated carbocycles. The maximum atomic E-state index is 11.1. The molecule has 1 rings (SSSR count). The molecule has 76 valence electrons. The van der Waals surface area contributed by atoms with Gasteiger partial charge in [0.25, 0.3) is 0 Å². The number of aliphatic hydroxyl groups excluding tert-OH is 1. The highest BCUT2D eigenvalue weighted by Crippen LogP contribution is 2.32. The van der Waals surface area contributed by atoms with Crippen molar-refractivity contribution in [3.05, 3.63) is 0 Å². The van der Waals surface area contributed by atoms with Crippen molar-refractivity contribution < 1.29 is 9.90 Å². The van der Waals surface area contributed by atoms with Crippen molar-refractivity contribution in [1.82, 2.24) is 10.6 Å². The molecular weight excluding hydrogens is 168 g/mol. The summed E-state index contributed by atoms with van der Waals surface area (Å²) in [7, 11) is 0. The molecule has 1 fully saturated rings. The van der Waals surface area contributed by atoms with E-state index in [4.69, 9.17) is 0 Å². The van der Waals surface area contributed by atoms with Gasteiger partial charge in [-0.2, -0.15) is 0 Å². The largest absolute Gasteiger partial charge is 0.391 e. The lowest BCUT2D eigenvalue weighted by Gasteiger charge is -2.10. The maximum absolute atomic E-state index is 11.1. The van der Waals surface area contributed by atoms with Gasteiger partial charge in [0, 0.05) is 6.54 Å². The third-order valence-electron chi connectivity index (χ3n) is 2.21. The first-order valence-corrected chi connectivity index (χ1v) is 4.89. The van der Waals surface area contributed by atoms with Crippen LogP contribution in [0.5, 0.6) is 0 Å². The third-order valence-corrected chi connectivity index (χ3v) is 2.21. The Morgan fingerprint density at radius 1 is 1.62 bits per heavy atom. The van der Waals surface area contributed by atoms with Crippen molar-refractivity contribution in [2.24, 2.45) is 5.92 Å². The van der Waals surface area contributed by atoms with E-state index >= 15 is 0 Å². The number of amides is 1. The number of nitrogens with one attached hydrogen (secondary N) is 2. The second kappa shape index (κ2) is 5.19. The van der Waals surface area contributed by atoms with Crippen LogP contribution in [-0.2, 0) is 4.79 Å². The lowest BCUT2D eigenvalue weighted by molar-refractivity contribution is -0.120. The highest BCUT2D eigenvalue weighted by molar-refractivity contribution is 5.77. The molecule has 4 heteroatoms. The van der Waals surface area contributed by atoms with Crippen LogP contribution in [-0.4, -0.2) is 36.8 Å². The summed E-state index contributed by atoms with van der Waals surface area (Å²) >= 11 is 0. The van der Waals surface area contributed by atoms with Crippen molar-refractivity contribution >= 4 is 5.91 Å². The first-order chi connectivity index (χ1) is 6.24. The fourth-order valence-electron chi connectivity index (χ4n) is 1.17. The normalized spacial score (nSPS) is 18.3. The van der Waals surface area contributed by atoms with Crippen molar-refractivity contribution in [1.29, 1.82) is 0 Å². The topological polar surface area (TPSA) is 61.4 Å². The molecular formula is C9H18N2O2. The number of hydrogen-bond donors (Lipinski definition) is 3. The zero-order valence-corrected chi connectivity index (χ0v) is 8.05. The summed E-state index contributed by atoms with van der Waals surface area (Å²) in [4.78, 5) is 11.1. The van der Waals surface area contributed by atoms with Crippen LogP contribution in [0.2, 0.25) is 0 Å². The lowest BCUT2D eigenvalue weighted by Crippen LogP contribution is -2.38. The number of likely N-dealkylation sites (N-methyl/N-ethyl adjacent to an activating group) is 1. The number of carbonyl (C=O) groups excluding carboxylic acids is 1. The van der Waals surface area contributed by atoms with E-state index in [1.165, 1.54) is 0 Å². The van der Waals surface area contributed by atoms with E-state index in [2.05, 4.69) is 10.6 Å². The number of carbonyl (C=O) groups is 1. The van der Waals surface area contributed by atoms with E-state index < -0.39 is 0 Å². The Morgan fingerprint density at radius 3 is 2.85 bits per heavy atom. The second-order valence-corrected chi connectivity index (χ2v) is 3.49. The summed E-state index contributed by atoms with van der Waals surface area (Å²) in [5, 5.41) is 15.0. The molecule has 0 aromatic rings. The van der Waals surface area contributed by atoms with Crippen LogP contribution in [0.3, 0.4) is 0 Å². The van der Waals surface area contributed by atoms with Gasteiger partial charge in [0.2, 0.25) is 5.91 Å². The summed E-state index contributed by atoms with van der Waals surface area (Å²) in [5.41, 5.74) is 0. The molecule has 1 aliphatic carbocycles.